The molecule has 0 aromatic heterocycles. The molecule has 0 atom stereocenters. The molecule has 0 saturated heterocycles. The summed E-state index contributed by atoms with van der Waals surface area (Å²) in [6, 6.07) is 5.54. The van der Waals surface area contributed by atoms with Gasteiger partial charge < -0.3 is 14.8 Å². The second kappa shape index (κ2) is 4.98. The molecule has 1 N–H and O–H groups in total. The fourth-order valence-corrected chi connectivity index (χ4v) is 1.71. The lowest BCUT2D eigenvalue weighted by Gasteiger charge is -2.21. The van der Waals surface area contributed by atoms with Crippen LogP contribution in [0, 0.1) is 0 Å². The minimum atomic E-state index is -0.180. The molecule has 0 unspecified atom stereocenters. The van der Waals surface area contributed by atoms with Gasteiger partial charge in [0.1, 0.15) is 12.5 Å². The van der Waals surface area contributed by atoms with Crippen molar-refractivity contribution in [2.75, 3.05) is 18.7 Å². The molecule has 0 aliphatic carbocycles. The maximum Gasteiger partial charge on any atom is 0.170 e. The third kappa shape index (κ3) is 3.23. The van der Waals surface area contributed by atoms with Crippen molar-refractivity contribution in [2.24, 2.45) is 0 Å². The lowest BCUT2D eigenvalue weighted by Crippen LogP contribution is -2.23. The van der Waals surface area contributed by atoms with Gasteiger partial charge >= 0.3 is 0 Å². The molecule has 4 nitrogen and oxygen atoms in total. The number of benzene rings is 1. The Bertz CT molecular complexity index is 449. The van der Waals surface area contributed by atoms with Gasteiger partial charge in [-0.2, -0.15) is 0 Å². The van der Waals surface area contributed by atoms with Crippen LogP contribution < -0.4 is 10.1 Å². The highest BCUT2D eigenvalue weighted by Gasteiger charge is 2.18. The standard InChI is InChI=1S/C14H19NO3/c1-14(2,3)18-9-15-10-4-5-13-11(8-10)12(16)6-7-17-13/h4-5,8,15H,6-7,9H2,1-3H3. The fraction of sp³-hybridized carbons (Fsp3) is 0.500. The fourth-order valence-electron chi connectivity index (χ4n) is 1.71. The Kier molecular flexibility index (Phi) is 3.57. The quantitative estimate of drug-likeness (QED) is 0.837. The van der Waals surface area contributed by atoms with E-state index in [-0.39, 0.29) is 11.4 Å². The van der Waals surface area contributed by atoms with Crippen molar-refractivity contribution in [1.82, 2.24) is 0 Å². The van der Waals surface area contributed by atoms with Crippen LogP contribution in [0.1, 0.15) is 37.6 Å². The van der Waals surface area contributed by atoms with Gasteiger partial charge in [-0.3, -0.25) is 4.79 Å². The van der Waals surface area contributed by atoms with Crippen LogP contribution in [-0.4, -0.2) is 24.7 Å². The van der Waals surface area contributed by atoms with E-state index < -0.39 is 0 Å². The van der Waals surface area contributed by atoms with Crippen LogP contribution in [0.15, 0.2) is 18.2 Å². The molecule has 1 heterocycles. The Hall–Kier alpha value is -1.55. The van der Waals surface area contributed by atoms with Gasteiger partial charge in [0, 0.05) is 12.1 Å². The van der Waals surface area contributed by atoms with Crippen LogP contribution >= 0.6 is 0 Å². The van der Waals surface area contributed by atoms with Gasteiger partial charge in [0.2, 0.25) is 0 Å². The summed E-state index contributed by atoms with van der Waals surface area (Å²) in [4.78, 5) is 11.7. The smallest absolute Gasteiger partial charge is 0.170 e. The second-order valence-electron chi connectivity index (χ2n) is 5.31. The van der Waals surface area contributed by atoms with E-state index in [1.165, 1.54) is 0 Å². The number of nitrogens with one attached hydrogen (secondary N) is 1. The molecule has 0 fully saturated rings. The van der Waals surface area contributed by atoms with Gasteiger partial charge in [0.25, 0.3) is 0 Å². The minimum Gasteiger partial charge on any atom is -0.492 e. The zero-order chi connectivity index (χ0) is 13.2. The zero-order valence-electron chi connectivity index (χ0n) is 11.1. The van der Waals surface area contributed by atoms with Crippen molar-refractivity contribution in [2.45, 2.75) is 32.8 Å². The van der Waals surface area contributed by atoms with E-state index in [0.29, 0.717) is 31.1 Å². The number of rotatable bonds is 3. The Balaban J connectivity index is 2.02. The molecule has 1 aromatic carbocycles. The molecule has 4 heteroatoms. The predicted octanol–water partition coefficient (Wildman–Crippen LogP) is 2.84. The average Bonchev–Trinajstić information content (AvgIpc) is 2.28. The maximum absolute atomic E-state index is 11.7. The highest BCUT2D eigenvalue weighted by Crippen LogP contribution is 2.27. The monoisotopic (exact) mass is 249 g/mol. The number of hydrogen-bond acceptors (Lipinski definition) is 4. The summed E-state index contributed by atoms with van der Waals surface area (Å²) < 4.78 is 11.0. The molecule has 0 radical (unpaired) electrons. The lowest BCUT2D eigenvalue weighted by molar-refractivity contribution is 0.00844. The van der Waals surface area contributed by atoms with E-state index in [1.54, 1.807) is 0 Å². The average molecular weight is 249 g/mol. The molecule has 1 aliphatic heterocycles. The van der Waals surface area contributed by atoms with E-state index in [4.69, 9.17) is 9.47 Å². The summed E-state index contributed by atoms with van der Waals surface area (Å²) in [6.07, 6.45) is 0.453. The number of carbonyl (C=O) groups excluding carboxylic acids is 1. The van der Waals surface area contributed by atoms with Crippen LogP contribution in [-0.2, 0) is 4.74 Å². The number of Topliss-reactive ketones (excluding diaryl/α,β-unsaturated/α-hetero) is 1. The number of carbonyl (C=O) groups is 1. The van der Waals surface area contributed by atoms with Crippen molar-refractivity contribution < 1.29 is 14.3 Å². The molecule has 0 amide bonds. The van der Waals surface area contributed by atoms with Crippen LogP contribution in [0.4, 0.5) is 5.69 Å². The van der Waals surface area contributed by atoms with E-state index in [9.17, 15) is 4.79 Å². The van der Waals surface area contributed by atoms with E-state index in [0.717, 1.165) is 5.69 Å². The van der Waals surface area contributed by atoms with Crippen LogP contribution in [0.5, 0.6) is 5.75 Å². The first-order valence-electron chi connectivity index (χ1n) is 6.13. The zero-order valence-corrected chi connectivity index (χ0v) is 11.1. The summed E-state index contributed by atoms with van der Waals surface area (Å²) in [5.41, 5.74) is 1.35. The first-order chi connectivity index (χ1) is 8.46. The topological polar surface area (TPSA) is 47.6 Å². The van der Waals surface area contributed by atoms with Crippen LogP contribution in [0.3, 0.4) is 0 Å². The van der Waals surface area contributed by atoms with E-state index in [2.05, 4.69) is 5.32 Å². The maximum atomic E-state index is 11.7. The van der Waals surface area contributed by atoms with Gasteiger partial charge in [-0.1, -0.05) is 0 Å². The third-order valence-electron chi connectivity index (χ3n) is 2.65. The Labute approximate surface area is 107 Å². The normalized spacial score (nSPS) is 14.9. The third-order valence-corrected chi connectivity index (χ3v) is 2.65. The molecule has 18 heavy (non-hydrogen) atoms. The predicted molar refractivity (Wildman–Crippen MR) is 70.2 cm³/mol. The molecular weight excluding hydrogens is 230 g/mol. The van der Waals surface area contributed by atoms with Crippen molar-refractivity contribution in [1.29, 1.82) is 0 Å². The number of hydrogen-bond donors (Lipinski definition) is 1. The molecule has 2 rings (SSSR count). The molecule has 98 valence electrons. The molecule has 0 bridgehead atoms. The molecule has 1 aliphatic rings. The SMILES string of the molecule is CC(C)(C)OCNc1ccc2c(c1)C(=O)CCO2. The van der Waals surface area contributed by atoms with Gasteiger partial charge in [-0.15, -0.1) is 0 Å². The molecule has 0 saturated carbocycles. The first kappa shape index (κ1) is 12.9. The number of ether oxygens (including phenoxy) is 2. The van der Waals surface area contributed by atoms with Gasteiger partial charge in [-0.25, -0.2) is 0 Å². The molecular formula is C14H19NO3. The molecule has 0 spiro atoms. The Morgan fingerprint density at radius 1 is 1.39 bits per heavy atom. The summed E-state index contributed by atoms with van der Waals surface area (Å²) in [6.45, 7) is 6.89. The Morgan fingerprint density at radius 2 is 2.17 bits per heavy atom. The summed E-state index contributed by atoms with van der Waals surface area (Å²) in [5, 5.41) is 3.14. The second-order valence-corrected chi connectivity index (χ2v) is 5.31. The summed E-state index contributed by atoms with van der Waals surface area (Å²) in [5.74, 6) is 0.810. The largest absolute Gasteiger partial charge is 0.492 e. The first-order valence-corrected chi connectivity index (χ1v) is 6.13. The van der Waals surface area contributed by atoms with Crippen molar-refractivity contribution in [3.8, 4) is 5.75 Å². The minimum absolute atomic E-state index is 0.136. The lowest BCUT2D eigenvalue weighted by atomic mass is 10.0. The number of ketones is 1. The van der Waals surface area contributed by atoms with Crippen molar-refractivity contribution in [3.05, 3.63) is 23.8 Å². The van der Waals surface area contributed by atoms with Crippen molar-refractivity contribution in [3.63, 3.8) is 0 Å². The summed E-state index contributed by atoms with van der Waals surface area (Å²) >= 11 is 0. The highest BCUT2D eigenvalue weighted by atomic mass is 16.5. The van der Waals surface area contributed by atoms with Crippen LogP contribution in [0.2, 0.25) is 0 Å². The van der Waals surface area contributed by atoms with Gasteiger partial charge in [-0.05, 0) is 39.0 Å². The van der Waals surface area contributed by atoms with Crippen LogP contribution in [0.25, 0.3) is 0 Å². The number of fused-ring (bicyclic) bond motifs is 1. The number of anilines is 1. The highest BCUT2D eigenvalue weighted by molar-refractivity contribution is 6.00. The molecule has 1 aromatic rings. The van der Waals surface area contributed by atoms with E-state index in [1.807, 2.05) is 39.0 Å². The van der Waals surface area contributed by atoms with Crippen molar-refractivity contribution >= 4 is 11.5 Å². The summed E-state index contributed by atoms with van der Waals surface area (Å²) in [7, 11) is 0. The Morgan fingerprint density at radius 3 is 2.89 bits per heavy atom. The van der Waals surface area contributed by atoms with Gasteiger partial charge in [0.15, 0.2) is 5.78 Å². The van der Waals surface area contributed by atoms with E-state index >= 15 is 0 Å². The van der Waals surface area contributed by atoms with Gasteiger partial charge in [0.05, 0.1) is 17.8 Å².